The number of nitrogens with zero attached hydrogens (tertiary/aromatic N) is 1. The highest BCUT2D eigenvalue weighted by Crippen LogP contribution is 2.19. The Morgan fingerprint density at radius 1 is 1.19 bits per heavy atom. The highest BCUT2D eigenvalue weighted by molar-refractivity contribution is 9.10. The smallest absolute Gasteiger partial charge is 0.193 e. The van der Waals surface area contributed by atoms with Crippen LogP contribution in [0.1, 0.15) is 16.7 Å². The van der Waals surface area contributed by atoms with Crippen LogP contribution in [-0.4, -0.2) is 5.96 Å². The third-order valence-corrected chi connectivity index (χ3v) is 3.70. The van der Waals surface area contributed by atoms with Gasteiger partial charge in [-0.25, -0.2) is 9.38 Å². The lowest BCUT2D eigenvalue weighted by Gasteiger charge is -2.08. The largest absolute Gasteiger partial charge is 0.370 e. The molecule has 0 aromatic heterocycles. The molecule has 0 spiro atoms. The van der Waals surface area contributed by atoms with Crippen LogP contribution in [0.3, 0.4) is 0 Å². The molecule has 3 nitrogen and oxygen atoms in total. The first-order valence-electron chi connectivity index (χ1n) is 6.53. The Balaban J connectivity index is 2.09. The predicted molar refractivity (Wildman–Crippen MR) is 89.0 cm³/mol. The lowest BCUT2D eigenvalue weighted by molar-refractivity contribution is 0.625. The summed E-state index contributed by atoms with van der Waals surface area (Å²) in [6.45, 7) is 4.35. The van der Waals surface area contributed by atoms with Gasteiger partial charge in [0.15, 0.2) is 5.96 Å². The number of anilines is 1. The van der Waals surface area contributed by atoms with Gasteiger partial charge < -0.3 is 11.1 Å². The predicted octanol–water partition coefficient (Wildman–Crippen LogP) is 4.13. The molecule has 21 heavy (non-hydrogen) atoms. The van der Waals surface area contributed by atoms with Gasteiger partial charge >= 0.3 is 0 Å². The summed E-state index contributed by atoms with van der Waals surface area (Å²) < 4.78 is 14.0. The first-order chi connectivity index (χ1) is 9.94. The second kappa shape index (κ2) is 6.72. The van der Waals surface area contributed by atoms with Gasteiger partial charge in [-0.1, -0.05) is 22.0 Å². The zero-order chi connectivity index (χ0) is 15.4. The molecule has 0 bridgehead atoms. The molecule has 2 aromatic carbocycles. The average molecular weight is 350 g/mol. The molecule has 3 N–H and O–H groups in total. The van der Waals surface area contributed by atoms with Gasteiger partial charge in [-0.2, -0.15) is 0 Å². The number of hydrogen-bond acceptors (Lipinski definition) is 1. The average Bonchev–Trinajstić information content (AvgIpc) is 2.38. The molecule has 0 atom stereocenters. The fourth-order valence-corrected chi connectivity index (χ4v) is 2.44. The summed E-state index contributed by atoms with van der Waals surface area (Å²) >= 11 is 3.37. The molecular weight excluding hydrogens is 333 g/mol. The van der Waals surface area contributed by atoms with E-state index in [0.717, 1.165) is 26.9 Å². The molecule has 0 saturated carbocycles. The van der Waals surface area contributed by atoms with Crippen molar-refractivity contribution in [2.24, 2.45) is 10.7 Å². The molecule has 5 heteroatoms. The molecule has 0 aliphatic carbocycles. The first-order valence-corrected chi connectivity index (χ1v) is 7.32. The van der Waals surface area contributed by atoms with Crippen molar-refractivity contribution in [1.82, 2.24) is 0 Å². The molecule has 2 aromatic rings. The van der Waals surface area contributed by atoms with E-state index in [-0.39, 0.29) is 5.82 Å². The van der Waals surface area contributed by atoms with E-state index < -0.39 is 0 Å². The minimum atomic E-state index is -0.288. The quantitative estimate of drug-likeness (QED) is 0.646. The van der Waals surface area contributed by atoms with Crippen molar-refractivity contribution in [3.63, 3.8) is 0 Å². The van der Waals surface area contributed by atoms with E-state index in [2.05, 4.69) is 32.3 Å². The summed E-state index contributed by atoms with van der Waals surface area (Å²) in [7, 11) is 0. The van der Waals surface area contributed by atoms with E-state index in [1.807, 2.05) is 26.0 Å². The summed E-state index contributed by atoms with van der Waals surface area (Å²) in [5, 5.41) is 3.05. The fourth-order valence-electron chi connectivity index (χ4n) is 2.07. The summed E-state index contributed by atoms with van der Waals surface area (Å²) in [5.41, 5.74) is 9.82. The van der Waals surface area contributed by atoms with Crippen LogP contribution in [0.15, 0.2) is 45.9 Å². The monoisotopic (exact) mass is 349 g/mol. The number of rotatable bonds is 3. The molecule has 0 fully saturated rings. The van der Waals surface area contributed by atoms with Gasteiger partial charge in [0.25, 0.3) is 0 Å². The second-order valence-electron chi connectivity index (χ2n) is 4.94. The van der Waals surface area contributed by atoms with Crippen LogP contribution >= 0.6 is 15.9 Å². The number of guanidine groups is 1. The fraction of sp³-hybridized carbons (Fsp3) is 0.188. The third kappa shape index (κ3) is 4.56. The Morgan fingerprint density at radius 3 is 2.52 bits per heavy atom. The molecule has 0 saturated heterocycles. The maximum Gasteiger partial charge on any atom is 0.193 e. The Morgan fingerprint density at radius 2 is 1.86 bits per heavy atom. The van der Waals surface area contributed by atoms with Crippen LogP contribution in [0, 0.1) is 19.7 Å². The van der Waals surface area contributed by atoms with Gasteiger partial charge in [-0.3, -0.25) is 0 Å². The van der Waals surface area contributed by atoms with Gasteiger partial charge in [-0.05, 0) is 60.9 Å². The number of benzene rings is 2. The Kier molecular flexibility index (Phi) is 4.96. The maximum absolute atomic E-state index is 13.2. The molecular formula is C16H17BrFN3. The first kappa shape index (κ1) is 15.5. The van der Waals surface area contributed by atoms with Crippen molar-refractivity contribution in [2.45, 2.75) is 20.4 Å². The van der Waals surface area contributed by atoms with Crippen molar-refractivity contribution in [1.29, 1.82) is 0 Å². The number of aliphatic imine (C=N–C) groups is 1. The van der Waals surface area contributed by atoms with Crippen LogP contribution in [0.2, 0.25) is 0 Å². The van der Waals surface area contributed by atoms with Crippen LogP contribution in [0.4, 0.5) is 10.1 Å². The normalized spacial score (nSPS) is 11.5. The van der Waals surface area contributed by atoms with E-state index in [4.69, 9.17) is 5.73 Å². The number of halogens is 2. The second-order valence-corrected chi connectivity index (χ2v) is 5.79. The summed E-state index contributed by atoms with van der Waals surface area (Å²) in [6.07, 6.45) is 0. The van der Waals surface area contributed by atoms with Gasteiger partial charge in [0.05, 0.1) is 6.54 Å². The van der Waals surface area contributed by atoms with Crippen molar-refractivity contribution in [2.75, 3.05) is 5.32 Å². The summed E-state index contributed by atoms with van der Waals surface area (Å²) in [4.78, 5) is 4.24. The molecule has 0 amide bonds. The molecule has 0 aliphatic rings. The van der Waals surface area contributed by atoms with Crippen LogP contribution < -0.4 is 11.1 Å². The van der Waals surface area contributed by atoms with Crippen LogP contribution in [0.25, 0.3) is 0 Å². The van der Waals surface area contributed by atoms with E-state index in [9.17, 15) is 4.39 Å². The SMILES string of the molecule is Cc1cc(C)cc(NC(N)=NCc2cc(F)ccc2Br)c1. The van der Waals surface area contributed by atoms with Crippen molar-refractivity contribution in [3.8, 4) is 0 Å². The summed E-state index contributed by atoms with van der Waals surface area (Å²) in [5.74, 6) is 0.0143. The molecule has 110 valence electrons. The maximum atomic E-state index is 13.2. The lowest BCUT2D eigenvalue weighted by Crippen LogP contribution is -2.22. The lowest BCUT2D eigenvalue weighted by atomic mass is 10.1. The number of nitrogens with one attached hydrogen (secondary N) is 1. The molecule has 2 rings (SSSR count). The minimum absolute atomic E-state index is 0.288. The van der Waals surface area contributed by atoms with E-state index in [1.165, 1.54) is 12.1 Å². The Bertz CT molecular complexity index is 663. The minimum Gasteiger partial charge on any atom is -0.370 e. The molecule has 0 unspecified atom stereocenters. The Labute approximate surface area is 132 Å². The number of hydrogen-bond donors (Lipinski definition) is 2. The van der Waals surface area contributed by atoms with E-state index in [1.54, 1.807) is 6.07 Å². The van der Waals surface area contributed by atoms with Gasteiger partial charge in [0.1, 0.15) is 5.82 Å². The van der Waals surface area contributed by atoms with Gasteiger partial charge in [0, 0.05) is 10.2 Å². The Hall–Kier alpha value is -1.88. The number of nitrogens with two attached hydrogens (primary N) is 1. The van der Waals surface area contributed by atoms with Crippen LogP contribution in [-0.2, 0) is 6.54 Å². The highest BCUT2D eigenvalue weighted by Gasteiger charge is 2.02. The van der Waals surface area contributed by atoms with Gasteiger partial charge in [0.2, 0.25) is 0 Å². The van der Waals surface area contributed by atoms with Crippen molar-refractivity contribution < 1.29 is 4.39 Å². The van der Waals surface area contributed by atoms with E-state index in [0.29, 0.717) is 12.5 Å². The van der Waals surface area contributed by atoms with Crippen LogP contribution in [0.5, 0.6) is 0 Å². The zero-order valence-corrected chi connectivity index (χ0v) is 13.5. The summed E-state index contributed by atoms with van der Waals surface area (Å²) in [6, 6.07) is 10.6. The highest BCUT2D eigenvalue weighted by atomic mass is 79.9. The molecule has 0 heterocycles. The standard InChI is InChI=1S/C16H17BrFN3/c1-10-5-11(2)7-14(6-10)21-16(19)20-9-12-8-13(18)3-4-15(12)17/h3-8H,9H2,1-2H3,(H3,19,20,21). The molecule has 0 radical (unpaired) electrons. The van der Waals surface area contributed by atoms with Crippen molar-refractivity contribution in [3.05, 3.63) is 63.4 Å². The van der Waals surface area contributed by atoms with Crippen molar-refractivity contribution >= 4 is 27.6 Å². The molecule has 0 aliphatic heterocycles. The zero-order valence-electron chi connectivity index (χ0n) is 12.0. The third-order valence-electron chi connectivity index (χ3n) is 2.92. The topological polar surface area (TPSA) is 50.4 Å². The van der Waals surface area contributed by atoms with E-state index >= 15 is 0 Å². The number of aryl methyl sites for hydroxylation is 2. The van der Waals surface area contributed by atoms with Gasteiger partial charge in [-0.15, -0.1) is 0 Å².